The van der Waals surface area contributed by atoms with Crippen LogP contribution in [0.4, 0.5) is 16.3 Å². The lowest BCUT2D eigenvalue weighted by Crippen LogP contribution is -2.54. The van der Waals surface area contributed by atoms with Gasteiger partial charge in [-0.05, 0) is 37.1 Å². The van der Waals surface area contributed by atoms with Crippen LogP contribution in [0.25, 0.3) is 0 Å². The van der Waals surface area contributed by atoms with Crippen molar-refractivity contribution in [3.8, 4) is 6.07 Å². The first-order valence-electron chi connectivity index (χ1n) is 13.2. The fourth-order valence-electron chi connectivity index (χ4n) is 4.85. The number of nitrogens with zero attached hydrogens (tertiary/aromatic N) is 6. The van der Waals surface area contributed by atoms with Crippen molar-refractivity contribution in [2.75, 3.05) is 55.2 Å². The Morgan fingerprint density at radius 2 is 1.77 bits per heavy atom. The monoisotopic (exact) mass is 561 g/mol. The molecule has 202 valence electrons. The number of rotatable bonds is 7. The number of urea groups is 1. The molecule has 5 rings (SSSR count). The minimum absolute atomic E-state index is 0.111. The lowest BCUT2D eigenvalue weighted by atomic mass is 9.98. The number of nitriles is 1. The highest BCUT2D eigenvalue weighted by Crippen LogP contribution is 2.32. The summed E-state index contributed by atoms with van der Waals surface area (Å²) in [5.41, 5.74) is 1.14. The average Bonchev–Trinajstić information content (AvgIpc) is 3.49. The second kappa shape index (κ2) is 13.0. The van der Waals surface area contributed by atoms with Gasteiger partial charge in [0.05, 0.1) is 16.8 Å². The summed E-state index contributed by atoms with van der Waals surface area (Å²) in [5, 5.41) is 14.5. The molecule has 9 nitrogen and oxygen atoms in total. The van der Waals surface area contributed by atoms with Crippen molar-refractivity contribution in [2.24, 2.45) is 0 Å². The number of hydrogen-bond donors (Lipinski definition) is 1. The van der Waals surface area contributed by atoms with E-state index < -0.39 is 0 Å². The van der Waals surface area contributed by atoms with Crippen molar-refractivity contribution < 1.29 is 9.59 Å². The Morgan fingerprint density at radius 3 is 2.51 bits per heavy atom. The number of carbonyl (C=O) groups excluding carboxylic acids is 2. The number of piperazine rings is 1. The average molecular weight is 562 g/mol. The van der Waals surface area contributed by atoms with Gasteiger partial charge in [-0.3, -0.25) is 4.79 Å². The molecule has 2 aliphatic heterocycles. The summed E-state index contributed by atoms with van der Waals surface area (Å²) in [5.74, 6) is 1.65. The van der Waals surface area contributed by atoms with Crippen LogP contribution in [0.15, 0.2) is 58.9 Å². The number of benzene rings is 1. The number of thiazole rings is 1. The minimum atomic E-state index is -0.233. The molecular formula is C28H31N7O2S2. The smallest absolute Gasteiger partial charge is 0.320 e. The van der Waals surface area contributed by atoms with Crippen molar-refractivity contribution in [2.45, 2.75) is 30.1 Å². The van der Waals surface area contributed by atoms with E-state index in [2.05, 4.69) is 26.3 Å². The van der Waals surface area contributed by atoms with E-state index in [4.69, 9.17) is 5.26 Å². The number of likely N-dealkylation sites (tertiary alicyclic amines) is 1. The molecule has 0 saturated carbocycles. The standard InChI is InChI=1S/C28H31N7O2S2/c29-11-5-19-38-24-7-2-1-6-22(24)31-26(36)23-20-39-27(32-23)21-9-13-34(14-10-21)28(37)35-17-15-33(16-18-35)25-8-3-4-12-30-25/h1-4,6-8,12,20-21H,5,9-10,13-19H2,(H,31,36). The van der Waals surface area contributed by atoms with E-state index in [9.17, 15) is 9.59 Å². The molecule has 0 unspecified atom stereocenters. The Hall–Kier alpha value is -3.62. The number of para-hydroxylation sites is 1. The Morgan fingerprint density at radius 1 is 1.03 bits per heavy atom. The summed E-state index contributed by atoms with van der Waals surface area (Å²) in [6.07, 6.45) is 3.93. The van der Waals surface area contributed by atoms with Crippen LogP contribution in [0, 0.1) is 11.3 Å². The van der Waals surface area contributed by atoms with Crippen molar-refractivity contribution in [3.05, 3.63) is 64.7 Å². The first kappa shape index (κ1) is 27.0. The van der Waals surface area contributed by atoms with Gasteiger partial charge in [0.2, 0.25) is 0 Å². The summed E-state index contributed by atoms with van der Waals surface area (Å²) in [6, 6.07) is 15.8. The fraction of sp³-hybridized carbons (Fsp3) is 0.393. The zero-order valence-electron chi connectivity index (χ0n) is 21.7. The van der Waals surface area contributed by atoms with Gasteiger partial charge in [0.25, 0.3) is 5.91 Å². The van der Waals surface area contributed by atoms with Gasteiger partial charge < -0.3 is 20.0 Å². The van der Waals surface area contributed by atoms with Gasteiger partial charge in [-0.25, -0.2) is 14.8 Å². The van der Waals surface area contributed by atoms with Crippen LogP contribution in [-0.4, -0.2) is 76.7 Å². The Labute approximate surface area is 236 Å². The molecule has 4 heterocycles. The number of thioether (sulfide) groups is 1. The van der Waals surface area contributed by atoms with Gasteiger partial charge in [0.15, 0.2) is 0 Å². The normalized spacial score (nSPS) is 16.1. The van der Waals surface area contributed by atoms with Gasteiger partial charge in [0, 0.05) is 73.8 Å². The van der Waals surface area contributed by atoms with Crippen LogP contribution in [0.1, 0.15) is 40.7 Å². The predicted octanol–water partition coefficient (Wildman–Crippen LogP) is 4.92. The summed E-state index contributed by atoms with van der Waals surface area (Å²) in [4.78, 5) is 42.2. The molecule has 2 saturated heterocycles. The number of aromatic nitrogens is 2. The summed E-state index contributed by atoms with van der Waals surface area (Å²) in [6.45, 7) is 4.34. The third kappa shape index (κ3) is 6.69. The highest BCUT2D eigenvalue weighted by molar-refractivity contribution is 7.99. The third-order valence-electron chi connectivity index (χ3n) is 7.00. The topological polar surface area (TPSA) is 105 Å². The molecule has 0 aliphatic carbocycles. The molecule has 0 bridgehead atoms. The van der Waals surface area contributed by atoms with Gasteiger partial charge in [-0.2, -0.15) is 5.26 Å². The predicted molar refractivity (Wildman–Crippen MR) is 154 cm³/mol. The van der Waals surface area contributed by atoms with Crippen LogP contribution < -0.4 is 10.2 Å². The van der Waals surface area contributed by atoms with Crippen LogP contribution in [0.5, 0.6) is 0 Å². The molecule has 2 aromatic heterocycles. The van der Waals surface area contributed by atoms with Crippen molar-refractivity contribution in [3.63, 3.8) is 0 Å². The fourth-order valence-corrected chi connectivity index (χ4v) is 6.69. The maximum atomic E-state index is 13.2. The summed E-state index contributed by atoms with van der Waals surface area (Å²) in [7, 11) is 0. The van der Waals surface area contributed by atoms with Gasteiger partial charge in [-0.15, -0.1) is 23.1 Å². The van der Waals surface area contributed by atoms with E-state index in [1.54, 1.807) is 18.0 Å². The molecular weight excluding hydrogens is 530 g/mol. The molecule has 0 atom stereocenters. The molecule has 1 aromatic carbocycles. The number of carbonyl (C=O) groups is 2. The maximum absolute atomic E-state index is 13.2. The molecule has 1 N–H and O–H groups in total. The molecule has 0 radical (unpaired) electrons. The van der Waals surface area contributed by atoms with Crippen LogP contribution in [0.3, 0.4) is 0 Å². The lowest BCUT2D eigenvalue weighted by molar-refractivity contribution is 0.102. The first-order chi connectivity index (χ1) is 19.1. The first-order valence-corrected chi connectivity index (χ1v) is 15.0. The van der Waals surface area contributed by atoms with Crippen LogP contribution in [0.2, 0.25) is 0 Å². The summed E-state index contributed by atoms with van der Waals surface area (Å²) < 4.78 is 0. The number of anilines is 2. The zero-order chi connectivity index (χ0) is 27.0. The van der Waals surface area contributed by atoms with E-state index in [0.29, 0.717) is 44.0 Å². The van der Waals surface area contributed by atoms with Crippen LogP contribution in [-0.2, 0) is 0 Å². The second-order valence-electron chi connectivity index (χ2n) is 9.48. The number of amides is 3. The van der Waals surface area contributed by atoms with Gasteiger partial charge in [0.1, 0.15) is 11.5 Å². The second-order valence-corrected chi connectivity index (χ2v) is 11.5. The molecule has 39 heavy (non-hydrogen) atoms. The molecule has 2 fully saturated rings. The molecule has 0 spiro atoms. The van der Waals surface area contributed by atoms with E-state index in [0.717, 1.165) is 47.3 Å². The number of pyridine rings is 1. The number of nitrogens with one attached hydrogen (secondary N) is 1. The zero-order valence-corrected chi connectivity index (χ0v) is 23.3. The van der Waals surface area contributed by atoms with Crippen molar-refractivity contribution in [1.82, 2.24) is 19.8 Å². The Bertz CT molecular complexity index is 1310. The molecule has 2 aliphatic rings. The Kier molecular flexibility index (Phi) is 8.96. The maximum Gasteiger partial charge on any atom is 0.320 e. The number of hydrogen-bond acceptors (Lipinski definition) is 8. The van der Waals surface area contributed by atoms with Crippen molar-refractivity contribution in [1.29, 1.82) is 5.26 Å². The molecule has 3 amide bonds. The number of piperidine rings is 1. The SMILES string of the molecule is N#CCCSc1ccccc1NC(=O)c1csc(C2CCN(C(=O)N3CCN(c4ccccn4)CC3)CC2)n1. The minimum Gasteiger partial charge on any atom is -0.353 e. The molecule has 11 heteroatoms. The molecule has 3 aromatic rings. The highest BCUT2D eigenvalue weighted by Gasteiger charge is 2.30. The Balaban J connectivity index is 1.11. The van der Waals surface area contributed by atoms with E-state index in [1.165, 1.54) is 11.3 Å². The van der Waals surface area contributed by atoms with E-state index in [1.807, 2.05) is 57.6 Å². The lowest BCUT2D eigenvalue weighted by Gasteiger charge is -2.39. The summed E-state index contributed by atoms with van der Waals surface area (Å²) >= 11 is 3.07. The third-order valence-corrected chi connectivity index (χ3v) is 9.08. The van der Waals surface area contributed by atoms with Crippen molar-refractivity contribution >= 4 is 46.5 Å². The van der Waals surface area contributed by atoms with Gasteiger partial charge in [-0.1, -0.05) is 18.2 Å². The highest BCUT2D eigenvalue weighted by atomic mass is 32.2. The largest absolute Gasteiger partial charge is 0.353 e. The van der Waals surface area contributed by atoms with E-state index in [-0.39, 0.29) is 17.9 Å². The van der Waals surface area contributed by atoms with Crippen LogP contribution >= 0.6 is 23.1 Å². The van der Waals surface area contributed by atoms with E-state index >= 15 is 0 Å². The quantitative estimate of drug-likeness (QED) is 0.323. The van der Waals surface area contributed by atoms with Gasteiger partial charge >= 0.3 is 6.03 Å².